The van der Waals surface area contributed by atoms with Crippen molar-refractivity contribution in [1.29, 1.82) is 5.26 Å². The number of methoxy groups -OCH3 is 1. The number of carbonyl (C=O) groups is 1. The normalized spacial score (nSPS) is 9.20. The summed E-state index contributed by atoms with van der Waals surface area (Å²) in [6.45, 7) is 0. The summed E-state index contributed by atoms with van der Waals surface area (Å²) in [6.07, 6.45) is 3.85. The molecule has 0 amide bonds. The molecule has 0 aromatic heterocycles. The summed E-state index contributed by atoms with van der Waals surface area (Å²) in [6, 6.07) is 1.92. The van der Waals surface area contributed by atoms with Gasteiger partial charge in [0, 0.05) is 0 Å². The van der Waals surface area contributed by atoms with Gasteiger partial charge in [0.15, 0.2) is 0 Å². The van der Waals surface area contributed by atoms with Gasteiger partial charge in [-0.25, -0.2) is 0 Å². The smallest absolute Gasteiger partial charge is 0.309 e. The Morgan fingerprint density at radius 2 is 2.40 bits per heavy atom. The quantitative estimate of drug-likeness (QED) is 0.433. The predicted octanol–water partition coefficient (Wildman–Crippen LogP) is 1.02. The maximum absolute atomic E-state index is 10.4. The zero-order chi connectivity index (χ0) is 7.82. The van der Waals surface area contributed by atoms with Crippen LogP contribution in [-0.4, -0.2) is 13.1 Å². The van der Waals surface area contributed by atoms with Crippen LogP contribution in [0, 0.1) is 11.3 Å². The molecule has 0 spiro atoms. The number of rotatable bonds is 3. The number of carbonyl (C=O) groups excluding carboxylic acids is 1. The van der Waals surface area contributed by atoms with E-state index in [-0.39, 0.29) is 12.4 Å². The van der Waals surface area contributed by atoms with Gasteiger partial charge >= 0.3 is 5.97 Å². The van der Waals surface area contributed by atoms with Crippen LogP contribution in [0.3, 0.4) is 0 Å². The standard InChI is InChI=1S/C7H9NO2/c1-10-7(9)5-3-2-4-6-8/h2-3H,4-5H2,1H3/b3-2+. The number of allylic oxidation sites excluding steroid dienone is 1. The molecule has 0 saturated heterocycles. The Bertz CT molecular complexity index is 167. The van der Waals surface area contributed by atoms with Crippen molar-refractivity contribution in [1.82, 2.24) is 0 Å². The van der Waals surface area contributed by atoms with Crippen molar-refractivity contribution in [2.45, 2.75) is 12.8 Å². The molecule has 0 fully saturated rings. The summed E-state index contributed by atoms with van der Waals surface area (Å²) in [7, 11) is 1.33. The first-order valence-electron chi connectivity index (χ1n) is 2.90. The fourth-order valence-corrected chi connectivity index (χ4v) is 0.399. The highest BCUT2D eigenvalue weighted by atomic mass is 16.5. The third-order valence-electron chi connectivity index (χ3n) is 0.888. The molecule has 3 heteroatoms. The number of esters is 1. The molecule has 0 aromatic rings. The van der Waals surface area contributed by atoms with Gasteiger partial charge in [-0.15, -0.1) is 0 Å². The minimum Gasteiger partial charge on any atom is -0.469 e. The van der Waals surface area contributed by atoms with Gasteiger partial charge in [-0.05, 0) is 0 Å². The average Bonchev–Trinajstić information content (AvgIpc) is 1.98. The third-order valence-corrected chi connectivity index (χ3v) is 0.888. The Morgan fingerprint density at radius 1 is 1.70 bits per heavy atom. The lowest BCUT2D eigenvalue weighted by molar-refractivity contribution is -0.139. The average molecular weight is 139 g/mol. The summed E-state index contributed by atoms with van der Waals surface area (Å²) in [5.41, 5.74) is 0. The molecule has 3 nitrogen and oxygen atoms in total. The van der Waals surface area contributed by atoms with Gasteiger partial charge in [0.1, 0.15) is 0 Å². The Balaban J connectivity index is 3.36. The minimum absolute atomic E-state index is 0.248. The zero-order valence-corrected chi connectivity index (χ0v) is 5.83. The van der Waals surface area contributed by atoms with Crippen LogP contribution >= 0.6 is 0 Å². The van der Waals surface area contributed by atoms with Crippen molar-refractivity contribution in [3.8, 4) is 6.07 Å². The Morgan fingerprint density at radius 3 is 2.90 bits per heavy atom. The second-order valence-electron chi connectivity index (χ2n) is 1.61. The van der Waals surface area contributed by atoms with E-state index in [9.17, 15) is 4.79 Å². The SMILES string of the molecule is COC(=O)C/C=C/CC#N. The van der Waals surface area contributed by atoms with Gasteiger partial charge in [0.05, 0.1) is 26.0 Å². The maximum Gasteiger partial charge on any atom is 0.309 e. The van der Waals surface area contributed by atoms with Crippen molar-refractivity contribution in [3.05, 3.63) is 12.2 Å². The molecule has 0 N–H and O–H groups in total. The van der Waals surface area contributed by atoms with Crippen molar-refractivity contribution < 1.29 is 9.53 Å². The molecule has 0 aliphatic rings. The maximum atomic E-state index is 10.4. The molecule has 0 radical (unpaired) electrons. The molecule has 0 heterocycles. The lowest BCUT2D eigenvalue weighted by Gasteiger charge is -1.89. The fourth-order valence-electron chi connectivity index (χ4n) is 0.399. The summed E-state index contributed by atoms with van der Waals surface area (Å²) >= 11 is 0. The number of hydrogen-bond acceptors (Lipinski definition) is 3. The van der Waals surface area contributed by atoms with E-state index in [0.29, 0.717) is 6.42 Å². The van der Waals surface area contributed by atoms with Crippen LogP contribution in [0.1, 0.15) is 12.8 Å². The van der Waals surface area contributed by atoms with Crippen LogP contribution in [0.4, 0.5) is 0 Å². The predicted molar refractivity (Wildman–Crippen MR) is 36.0 cm³/mol. The highest BCUT2D eigenvalue weighted by Crippen LogP contribution is 1.87. The molecule has 0 aromatic carbocycles. The van der Waals surface area contributed by atoms with Crippen LogP contribution in [0.15, 0.2) is 12.2 Å². The van der Waals surface area contributed by atoms with E-state index < -0.39 is 0 Å². The number of hydrogen-bond donors (Lipinski definition) is 0. The van der Waals surface area contributed by atoms with Crippen LogP contribution in [0.2, 0.25) is 0 Å². The van der Waals surface area contributed by atoms with Crippen LogP contribution in [0.25, 0.3) is 0 Å². The van der Waals surface area contributed by atoms with Gasteiger partial charge < -0.3 is 4.74 Å². The van der Waals surface area contributed by atoms with Gasteiger partial charge in [0.25, 0.3) is 0 Å². The monoisotopic (exact) mass is 139 g/mol. The molecule has 0 aliphatic heterocycles. The molecular formula is C7H9NO2. The van der Waals surface area contributed by atoms with Crippen molar-refractivity contribution in [3.63, 3.8) is 0 Å². The summed E-state index contributed by atoms with van der Waals surface area (Å²) in [5, 5.41) is 8.07. The van der Waals surface area contributed by atoms with Gasteiger partial charge in [-0.1, -0.05) is 12.2 Å². The lowest BCUT2D eigenvalue weighted by atomic mass is 10.3. The second-order valence-corrected chi connectivity index (χ2v) is 1.61. The van der Waals surface area contributed by atoms with E-state index in [1.165, 1.54) is 7.11 Å². The van der Waals surface area contributed by atoms with Gasteiger partial charge in [-0.2, -0.15) is 5.26 Å². The molecule has 0 saturated carbocycles. The molecule has 0 unspecified atom stereocenters. The molecule has 54 valence electrons. The first kappa shape index (κ1) is 8.70. The second kappa shape index (κ2) is 5.83. The first-order valence-corrected chi connectivity index (χ1v) is 2.90. The van der Waals surface area contributed by atoms with Crippen LogP contribution in [-0.2, 0) is 9.53 Å². The highest BCUT2D eigenvalue weighted by Gasteiger charge is 1.92. The number of nitrogens with zero attached hydrogens (tertiary/aromatic N) is 1. The Hall–Kier alpha value is -1.30. The summed E-state index contributed by atoms with van der Waals surface area (Å²) in [5.74, 6) is -0.283. The molecular weight excluding hydrogens is 130 g/mol. The van der Waals surface area contributed by atoms with E-state index in [1.807, 2.05) is 6.07 Å². The van der Waals surface area contributed by atoms with Crippen LogP contribution < -0.4 is 0 Å². The first-order chi connectivity index (χ1) is 4.81. The lowest BCUT2D eigenvalue weighted by Crippen LogP contribution is -1.96. The Labute approximate surface area is 59.9 Å². The molecule has 0 rings (SSSR count). The summed E-state index contributed by atoms with van der Waals surface area (Å²) in [4.78, 5) is 10.4. The molecule has 0 bridgehead atoms. The van der Waals surface area contributed by atoms with E-state index in [2.05, 4.69) is 4.74 Å². The Kier molecular flexibility index (Phi) is 5.07. The zero-order valence-electron chi connectivity index (χ0n) is 5.83. The highest BCUT2D eigenvalue weighted by molar-refractivity contribution is 5.70. The van der Waals surface area contributed by atoms with E-state index >= 15 is 0 Å². The molecule has 0 atom stereocenters. The van der Waals surface area contributed by atoms with Crippen molar-refractivity contribution in [2.75, 3.05) is 7.11 Å². The summed E-state index contributed by atoms with van der Waals surface area (Å²) < 4.78 is 4.36. The number of nitriles is 1. The van der Waals surface area contributed by atoms with Crippen molar-refractivity contribution in [2.24, 2.45) is 0 Å². The largest absolute Gasteiger partial charge is 0.469 e. The van der Waals surface area contributed by atoms with Crippen molar-refractivity contribution >= 4 is 5.97 Å². The van der Waals surface area contributed by atoms with Gasteiger partial charge in [0.2, 0.25) is 0 Å². The topological polar surface area (TPSA) is 50.1 Å². The van der Waals surface area contributed by atoms with Crippen LogP contribution in [0.5, 0.6) is 0 Å². The third kappa shape index (κ3) is 4.85. The van der Waals surface area contributed by atoms with E-state index in [1.54, 1.807) is 12.2 Å². The van der Waals surface area contributed by atoms with Gasteiger partial charge in [-0.3, -0.25) is 4.79 Å². The van der Waals surface area contributed by atoms with E-state index in [4.69, 9.17) is 5.26 Å². The molecule has 0 aliphatic carbocycles. The molecule has 10 heavy (non-hydrogen) atoms. The minimum atomic E-state index is -0.283. The van der Waals surface area contributed by atoms with E-state index in [0.717, 1.165) is 0 Å². The fraction of sp³-hybridized carbons (Fsp3) is 0.429. The number of ether oxygens (including phenoxy) is 1.